The van der Waals surface area contributed by atoms with Crippen LogP contribution < -0.4 is 4.90 Å². The molecule has 1 aliphatic rings. The fourth-order valence-electron chi connectivity index (χ4n) is 3.64. The molecule has 146 valence electrons. The molecule has 4 rings (SSSR count). The summed E-state index contributed by atoms with van der Waals surface area (Å²) >= 11 is 7.38. The second kappa shape index (κ2) is 7.50. The van der Waals surface area contributed by atoms with E-state index in [1.54, 1.807) is 24.3 Å². The highest BCUT2D eigenvalue weighted by molar-refractivity contribution is 7.10. The first-order valence-electron chi connectivity index (χ1n) is 9.06. The lowest BCUT2D eigenvalue weighted by molar-refractivity contribution is -0.132. The van der Waals surface area contributed by atoms with E-state index in [4.69, 9.17) is 11.6 Å². The zero-order chi connectivity index (χ0) is 20.7. The molecule has 1 unspecified atom stereocenters. The summed E-state index contributed by atoms with van der Waals surface area (Å²) in [4.78, 5) is 28.4. The first kappa shape index (κ1) is 19.4. The number of nitrogens with zero attached hydrogens (tertiary/aromatic N) is 1. The number of thiophene rings is 1. The molecule has 0 bridgehead atoms. The van der Waals surface area contributed by atoms with Crippen LogP contribution in [0.2, 0.25) is 5.02 Å². The Morgan fingerprint density at radius 1 is 1.07 bits per heavy atom. The van der Waals surface area contributed by atoms with Crippen LogP contribution in [-0.2, 0) is 9.59 Å². The average molecular weight is 424 g/mol. The van der Waals surface area contributed by atoms with Gasteiger partial charge in [-0.3, -0.25) is 14.5 Å². The van der Waals surface area contributed by atoms with E-state index in [9.17, 15) is 14.7 Å². The molecular weight excluding hydrogens is 406 g/mol. The fraction of sp³-hybridized carbons (Fsp3) is 0.130. The molecule has 1 atom stereocenters. The summed E-state index contributed by atoms with van der Waals surface area (Å²) < 4.78 is 0. The van der Waals surface area contributed by atoms with Crippen molar-refractivity contribution >= 4 is 46.1 Å². The number of benzene rings is 2. The first-order valence-corrected chi connectivity index (χ1v) is 10.3. The molecule has 1 aliphatic heterocycles. The molecule has 0 spiro atoms. The van der Waals surface area contributed by atoms with Gasteiger partial charge in [-0.1, -0.05) is 35.4 Å². The predicted octanol–water partition coefficient (Wildman–Crippen LogP) is 5.64. The van der Waals surface area contributed by atoms with Gasteiger partial charge in [0.15, 0.2) is 0 Å². The third-order valence-corrected chi connectivity index (χ3v) is 6.16. The van der Waals surface area contributed by atoms with Gasteiger partial charge in [-0.2, -0.15) is 0 Å². The number of rotatable bonds is 3. The van der Waals surface area contributed by atoms with Crippen LogP contribution in [0.25, 0.3) is 5.76 Å². The van der Waals surface area contributed by atoms with Crippen LogP contribution in [0, 0.1) is 13.8 Å². The van der Waals surface area contributed by atoms with Gasteiger partial charge in [0.1, 0.15) is 11.8 Å². The normalized spacial score (nSPS) is 18.4. The molecule has 4 nitrogen and oxygen atoms in total. The summed E-state index contributed by atoms with van der Waals surface area (Å²) in [5, 5.41) is 13.4. The number of aryl methyl sites for hydroxylation is 2. The zero-order valence-corrected chi connectivity index (χ0v) is 17.4. The van der Waals surface area contributed by atoms with E-state index in [2.05, 4.69) is 0 Å². The lowest BCUT2D eigenvalue weighted by atomic mass is 9.99. The predicted molar refractivity (Wildman–Crippen MR) is 116 cm³/mol. The van der Waals surface area contributed by atoms with Gasteiger partial charge in [-0.25, -0.2) is 0 Å². The monoisotopic (exact) mass is 423 g/mol. The Hall–Kier alpha value is -2.89. The third-order valence-electron chi connectivity index (χ3n) is 4.99. The SMILES string of the molecule is Cc1ccc(N2C(=O)C(=O)/C(=C(\O)c3ccc(Cl)cc3)C2c2cccs2)c(C)c1. The second-order valence-electron chi connectivity index (χ2n) is 6.98. The van der Waals surface area contributed by atoms with Crippen molar-refractivity contribution in [3.05, 3.63) is 92.1 Å². The van der Waals surface area contributed by atoms with Crippen molar-refractivity contribution in [2.45, 2.75) is 19.9 Å². The minimum Gasteiger partial charge on any atom is -0.507 e. The van der Waals surface area contributed by atoms with Gasteiger partial charge >= 0.3 is 0 Å². The minimum absolute atomic E-state index is 0.0831. The highest BCUT2D eigenvalue weighted by Crippen LogP contribution is 2.44. The molecule has 1 fully saturated rings. The number of Topliss-reactive ketones (excluding diaryl/α,β-unsaturated/α-hetero) is 1. The number of hydrogen-bond acceptors (Lipinski definition) is 4. The highest BCUT2D eigenvalue weighted by Gasteiger charge is 2.47. The number of carbonyl (C=O) groups is 2. The summed E-state index contributed by atoms with van der Waals surface area (Å²) in [6.07, 6.45) is 0. The fourth-order valence-corrected chi connectivity index (χ4v) is 4.59. The Kier molecular flexibility index (Phi) is 5.03. The summed E-state index contributed by atoms with van der Waals surface area (Å²) in [6, 6.07) is 15.3. The Balaban J connectivity index is 1.94. The molecule has 6 heteroatoms. The van der Waals surface area contributed by atoms with Crippen LogP contribution in [-0.4, -0.2) is 16.8 Å². The van der Waals surface area contributed by atoms with Crippen molar-refractivity contribution < 1.29 is 14.7 Å². The number of aliphatic hydroxyl groups is 1. The maximum absolute atomic E-state index is 13.1. The topological polar surface area (TPSA) is 57.6 Å². The maximum Gasteiger partial charge on any atom is 0.300 e. The van der Waals surface area contributed by atoms with Gasteiger partial charge in [-0.05, 0) is 61.2 Å². The van der Waals surface area contributed by atoms with E-state index in [-0.39, 0.29) is 11.3 Å². The van der Waals surface area contributed by atoms with Crippen LogP contribution in [0.5, 0.6) is 0 Å². The molecule has 1 N–H and O–H groups in total. The molecule has 1 saturated heterocycles. The lowest BCUT2D eigenvalue weighted by Crippen LogP contribution is -2.29. The summed E-state index contributed by atoms with van der Waals surface area (Å²) in [7, 11) is 0. The number of hydrogen-bond donors (Lipinski definition) is 1. The second-order valence-corrected chi connectivity index (χ2v) is 8.40. The van der Waals surface area contributed by atoms with E-state index in [0.717, 1.165) is 16.0 Å². The molecule has 2 heterocycles. The third kappa shape index (κ3) is 3.37. The van der Waals surface area contributed by atoms with E-state index in [0.29, 0.717) is 16.3 Å². The van der Waals surface area contributed by atoms with E-state index >= 15 is 0 Å². The van der Waals surface area contributed by atoms with Crippen LogP contribution >= 0.6 is 22.9 Å². The smallest absolute Gasteiger partial charge is 0.300 e. The Labute approximate surface area is 177 Å². The van der Waals surface area contributed by atoms with Crippen LogP contribution in [0.3, 0.4) is 0 Å². The number of anilines is 1. The van der Waals surface area contributed by atoms with Gasteiger partial charge in [0, 0.05) is 21.2 Å². The Morgan fingerprint density at radius 2 is 1.79 bits per heavy atom. The van der Waals surface area contributed by atoms with Crippen molar-refractivity contribution in [1.29, 1.82) is 0 Å². The van der Waals surface area contributed by atoms with Crippen molar-refractivity contribution in [2.24, 2.45) is 0 Å². The van der Waals surface area contributed by atoms with Gasteiger partial charge in [0.25, 0.3) is 11.7 Å². The highest BCUT2D eigenvalue weighted by atomic mass is 35.5. The van der Waals surface area contributed by atoms with Gasteiger partial charge in [0.2, 0.25) is 0 Å². The maximum atomic E-state index is 13.1. The van der Waals surface area contributed by atoms with Crippen LogP contribution in [0.4, 0.5) is 5.69 Å². The number of halogens is 1. The van der Waals surface area contributed by atoms with E-state index < -0.39 is 17.7 Å². The summed E-state index contributed by atoms with van der Waals surface area (Å²) in [5.41, 5.74) is 3.14. The average Bonchev–Trinajstić information content (AvgIpc) is 3.30. The number of amides is 1. The molecule has 29 heavy (non-hydrogen) atoms. The molecular formula is C23H18ClNO3S. The van der Waals surface area contributed by atoms with Gasteiger partial charge < -0.3 is 5.11 Å². The van der Waals surface area contributed by atoms with Crippen molar-refractivity contribution in [3.63, 3.8) is 0 Å². The van der Waals surface area contributed by atoms with Crippen molar-refractivity contribution in [2.75, 3.05) is 4.90 Å². The molecule has 0 radical (unpaired) electrons. The van der Waals surface area contributed by atoms with Crippen LogP contribution in [0.15, 0.2) is 65.6 Å². The lowest BCUT2D eigenvalue weighted by Gasteiger charge is -2.26. The molecule has 0 aliphatic carbocycles. The Morgan fingerprint density at radius 3 is 2.41 bits per heavy atom. The number of ketones is 1. The van der Waals surface area contributed by atoms with E-state index in [1.807, 2.05) is 49.6 Å². The van der Waals surface area contributed by atoms with Crippen molar-refractivity contribution in [1.82, 2.24) is 0 Å². The summed E-state index contributed by atoms with van der Waals surface area (Å²) in [6.45, 7) is 3.88. The number of carbonyl (C=O) groups excluding carboxylic acids is 2. The molecule has 1 amide bonds. The van der Waals surface area contributed by atoms with Crippen molar-refractivity contribution in [3.8, 4) is 0 Å². The molecule has 0 saturated carbocycles. The molecule has 2 aromatic carbocycles. The van der Waals surface area contributed by atoms with Crippen LogP contribution in [0.1, 0.15) is 27.6 Å². The quantitative estimate of drug-likeness (QED) is 0.336. The molecule has 3 aromatic rings. The molecule has 1 aromatic heterocycles. The summed E-state index contributed by atoms with van der Waals surface area (Å²) in [5.74, 6) is -1.55. The minimum atomic E-state index is -0.698. The largest absolute Gasteiger partial charge is 0.507 e. The Bertz CT molecular complexity index is 1130. The zero-order valence-electron chi connectivity index (χ0n) is 15.8. The van der Waals surface area contributed by atoms with Gasteiger partial charge in [0.05, 0.1) is 5.57 Å². The number of aliphatic hydroxyl groups excluding tert-OH is 1. The first-order chi connectivity index (χ1) is 13.9. The van der Waals surface area contributed by atoms with Gasteiger partial charge in [-0.15, -0.1) is 11.3 Å². The van der Waals surface area contributed by atoms with E-state index in [1.165, 1.54) is 16.2 Å². The standard InChI is InChI=1S/C23H18ClNO3S/c1-13-5-10-17(14(2)12-13)25-20(18-4-3-11-29-18)19(22(27)23(25)28)21(26)15-6-8-16(24)9-7-15/h3-12,20,26H,1-2H3/b21-19-.